The second-order valence-electron chi connectivity index (χ2n) is 6.93. The van der Waals surface area contributed by atoms with Gasteiger partial charge in [0.1, 0.15) is 0 Å². The first-order chi connectivity index (χ1) is 12.2. The zero-order valence-corrected chi connectivity index (χ0v) is 15.8. The molecule has 2 nitrogen and oxygen atoms in total. The molecule has 3 heteroatoms. The van der Waals surface area contributed by atoms with Gasteiger partial charge in [-0.05, 0) is 48.8 Å². The fourth-order valence-electron chi connectivity index (χ4n) is 3.45. The van der Waals surface area contributed by atoms with E-state index >= 15 is 0 Å². The van der Waals surface area contributed by atoms with Crippen molar-refractivity contribution in [2.24, 2.45) is 5.92 Å². The Balaban J connectivity index is 1.39. The summed E-state index contributed by atoms with van der Waals surface area (Å²) in [4.78, 5) is 14.5. The van der Waals surface area contributed by atoms with E-state index < -0.39 is 0 Å². The van der Waals surface area contributed by atoms with E-state index in [4.69, 9.17) is 0 Å². The molecule has 0 aliphatic carbocycles. The third-order valence-corrected chi connectivity index (χ3v) is 6.04. The molecule has 0 saturated carbocycles. The molecule has 0 unspecified atom stereocenters. The summed E-state index contributed by atoms with van der Waals surface area (Å²) in [5, 5.41) is 0. The number of hydrogen-bond acceptors (Lipinski definition) is 2. The van der Waals surface area contributed by atoms with Crippen LogP contribution in [0, 0.1) is 12.8 Å². The Hall–Kier alpha value is -1.74. The number of amides is 1. The molecular weight excluding hydrogens is 326 g/mol. The quantitative estimate of drug-likeness (QED) is 0.749. The monoisotopic (exact) mass is 353 g/mol. The van der Waals surface area contributed by atoms with Gasteiger partial charge in [-0.15, -0.1) is 11.8 Å². The second kappa shape index (κ2) is 9.10. The number of likely N-dealkylation sites (tertiary alicyclic amines) is 1. The number of carbonyl (C=O) groups is 1. The average Bonchev–Trinajstić information content (AvgIpc) is 2.65. The van der Waals surface area contributed by atoms with E-state index in [9.17, 15) is 4.79 Å². The van der Waals surface area contributed by atoms with Crippen LogP contribution in [0.4, 0.5) is 0 Å². The van der Waals surface area contributed by atoms with Crippen LogP contribution in [0.3, 0.4) is 0 Å². The van der Waals surface area contributed by atoms with Crippen molar-refractivity contribution in [3.8, 4) is 0 Å². The van der Waals surface area contributed by atoms with Gasteiger partial charge in [0.05, 0.1) is 5.75 Å². The van der Waals surface area contributed by atoms with Crippen molar-refractivity contribution >= 4 is 17.7 Å². The van der Waals surface area contributed by atoms with Crippen molar-refractivity contribution in [3.63, 3.8) is 0 Å². The van der Waals surface area contributed by atoms with Gasteiger partial charge < -0.3 is 4.90 Å². The lowest BCUT2D eigenvalue weighted by atomic mass is 9.90. The van der Waals surface area contributed by atoms with Gasteiger partial charge in [0.2, 0.25) is 5.91 Å². The van der Waals surface area contributed by atoms with Crippen molar-refractivity contribution in [1.29, 1.82) is 0 Å². The maximum atomic E-state index is 12.4. The summed E-state index contributed by atoms with van der Waals surface area (Å²) in [6.07, 6.45) is 3.40. The second-order valence-corrected chi connectivity index (χ2v) is 7.92. The highest BCUT2D eigenvalue weighted by molar-refractivity contribution is 7.99. The lowest BCUT2D eigenvalue weighted by Gasteiger charge is -2.32. The number of hydrogen-bond donors (Lipinski definition) is 0. The third kappa shape index (κ3) is 5.37. The van der Waals surface area contributed by atoms with Crippen LogP contribution in [-0.2, 0) is 17.0 Å². The van der Waals surface area contributed by atoms with Gasteiger partial charge in [-0.2, -0.15) is 0 Å². The molecule has 2 aromatic rings. The number of rotatable bonds is 6. The topological polar surface area (TPSA) is 20.3 Å². The van der Waals surface area contributed by atoms with Crippen LogP contribution in [0.2, 0.25) is 0 Å². The molecule has 1 aliphatic heterocycles. The Kier molecular flexibility index (Phi) is 6.57. The molecule has 132 valence electrons. The van der Waals surface area contributed by atoms with Crippen LogP contribution in [0.1, 0.15) is 29.5 Å². The molecule has 1 fully saturated rings. The van der Waals surface area contributed by atoms with Crippen LogP contribution in [0.25, 0.3) is 0 Å². The van der Waals surface area contributed by atoms with Gasteiger partial charge in [0, 0.05) is 18.8 Å². The van der Waals surface area contributed by atoms with Crippen LogP contribution in [-0.4, -0.2) is 29.6 Å². The van der Waals surface area contributed by atoms with Crippen molar-refractivity contribution in [2.75, 3.05) is 18.8 Å². The van der Waals surface area contributed by atoms with Crippen LogP contribution >= 0.6 is 11.8 Å². The molecule has 1 aliphatic rings. The SMILES string of the molecule is Cc1ccccc1CSCC(=O)N1CCC(Cc2ccccc2)CC1. The Morgan fingerprint density at radius 3 is 2.44 bits per heavy atom. The number of carbonyl (C=O) groups excluding carboxylic acids is 1. The zero-order valence-electron chi connectivity index (χ0n) is 15.0. The van der Waals surface area contributed by atoms with Gasteiger partial charge in [-0.25, -0.2) is 0 Å². The molecule has 0 radical (unpaired) electrons. The van der Waals surface area contributed by atoms with E-state index in [1.165, 1.54) is 16.7 Å². The van der Waals surface area contributed by atoms with Crippen LogP contribution < -0.4 is 0 Å². The minimum absolute atomic E-state index is 0.303. The fourth-order valence-corrected chi connectivity index (χ4v) is 4.45. The van der Waals surface area contributed by atoms with E-state index in [0.717, 1.165) is 38.1 Å². The summed E-state index contributed by atoms with van der Waals surface area (Å²) in [6, 6.07) is 19.1. The Labute approximate surface area is 155 Å². The molecule has 0 atom stereocenters. The number of nitrogens with zero attached hydrogens (tertiary/aromatic N) is 1. The maximum Gasteiger partial charge on any atom is 0.232 e. The highest BCUT2D eigenvalue weighted by atomic mass is 32.2. The minimum atomic E-state index is 0.303. The van der Waals surface area contributed by atoms with Gasteiger partial charge in [-0.3, -0.25) is 4.79 Å². The summed E-state index contributed by atoms with van der Waals surface area (Å²) in [7, 11) is 0. The third-order valence-electron chi connectivity index (χ3n) is 5.08. The molecule has 0 aromatic heterocycles. The van der Waals surface area contributed by atoms with E-state index in [1.54, 1.807) is 11.8 Å². The summed E-state index contributed by atoms with van der Waals surface area (Å²) in [6.45, 7) is 3.97. The number of aryl methyl sites for hydroxylation is 1. The fraction of sp³-hybridized carbons (Fsp3) is 0.409. The molecule has 0 bridgehead atoms. The predicted octanol–water partition coefficient (Wildman–Crippen LogP) is 4.71. The maximum absolute atomic E-state index is 12.4. The van der Waals surface area contributed by atoms with Gasteiger partial charge in [0.15, 0.2) is 0 Å². The van der Waals surface area contributed by atoms with Crippen molar-refractivity contribution in [3.05, 3.63) is 71.3 Å². The Bertz CT molecular complexity index is 677. The molecule has 1 amide bonds. The molecule has 25 heavy (non-hydrogen) atoms. The zero-order chi connectivity index (χ0) is 17.5. The smallest absolute Gasteiger partial charge is 0.232 e. The number of thioether (sulfide) groups is 1. The minimum Gasteiger partial charge on any atom is -0.342 e. The first-order valence-electron chi connectivity index (χ1n) is 9.16. The molecule has 3 rings (SSSR count). The Morgan fingerprint density at radius 1 is 1.04 bits per heavy atom. The highest BCUT2D eigenvalue weighted by Crippen LogP contribution is 2.23. The summed E-state index contributed by atoms with van der Waals surface area (Å²) < 4.78 is 0. The molecule has 0 spiro atoms. The van der Waals surface area contributed by atoms with Gasteiger partial charge in [-0.1, -0.05) is 54.6 Å². The largest absolute Gasteiger partial charge is 0.342 e. The molecular formula is C22H27NOS. The molecule has 1 saturated heterocycles. The first-order valence-corrected chi connectivity index (χ1v) is 10.3. The lowest BCUT2D eigenvalue weighted by Crippen LogP contribution is -2.39. The normalized spacial score (nSPS) is 15.3. The summed E-state index contributed by atoms with van der Waals surface area (Å²) >= 11 is 1.73. The molecule has 1 heterocycles. The predicted molar refractivity (Wildman–Crippen MR) is 107 cm³/mol. The molecule has 0 N–H and O–H groups in total. The van der Waals surface area contributed by atoms with E-state index in [0.29, 0.717) is 17.6 Å². The van der Waals surface area contributed by atoms with E-state index in [-0.39, 0.29) is 0 Å². The highest BCUT2D eigenvalue weighted by Gasteiger charge is 2.22. The first kappa shape index (κ1) is 18.1. The van der Waals surface area contributed by atoms with Crippen molar-refractivity contribution in [1.82, 2.24) is 4.90 Å². The average molecular weight is 354 g/mol. The standard InChI is InChI=1S/C22H27NOS/c1-18-7-5-6-10-21(18)16-25-17-22(24)23-13-11-20(12-14-23)15-19-8-3-2-4-9-19/h2-10,20H,11-17H2,1H3. The van der Waals surface area contributed by atoms with Crippen LogP contribution in [0.5, 0.6) is 0 Å². The summed E-state index contributed by atoms with van der Waals surface area (Å²) in [5.74, 6) is 2.53. The summed E-state index contributed by atoms with van der Waals surface area (Å²) in [5.41, 5.74) is 4.06. The van der Waals surface area contributed by atoms with E-state index in [2.05, 4.69) is 66.4 Å². The van der Waals surface area contributed by atoms with E-state index in [1.807, 2.05) is 0 Å². The van der Waals surface area contributed by atoms with Gasteiger partial charge in [0.25, 0.3) is 0 Å². The van der Waals surface area contributed by atoms with Crippen molar-refractivity contribution < 1.29 is 4.79 Å². The van der Waals surface area contributed by atoms with Crippen LogP contribution in [0.15, 0.2) is 54.6 Å². The van der Waals surface area contributed by atoms with Gasteiger partial charge >= 0.3 is 0 Å². The van der Waals surface area contributed by atoms with Crippen molar-refractivity contribution in [2.45, 2.75) is 31.9 Å². The number of piperidine rings is 1. The molecule has 2 aromatic carbocycles. The lowest BCUT2D eigenvalue weighted by molar-refractivity contribution is -0.129. The number of benzene rings is 2. The Morgan fingerprint density at radius 2 is 1.72 bits per heavy atom.